The second-order valence-electron chi connectivity index (χ2n) is 3.83. The molecule has 0 saturated carbocycles. The zero-order valence-corrected chi connectivity index (χ0v) is 11.4. The van der Waals surface area contributed by atoms with Crippen molar-refractivity contribution in [3.05, 3.63) is 63.3 Å². The topological polar surface area (TPSA) is 38.9 Å². The van der Waals surface area contributed by atoms with E-state index in [1.165, 1.54) is 5.56 Å². The van der Waals surface area contributed by atoms with Crippen molar-refractivity contribution in [2.75, 3.05) is 0 Å². The lowest BCUT2D eigenvalue weighted by Gasteiger charge is -2.13. The summed E-state index contributed by atoms with van der Waals surface area (Å²) >= 11 is 9.47. The van der Waals surface area contributed by atoms with Gasteiger partial charge in [0.25, 0.3) is 0 Å². The third-order valence-electron chi connectivity index (χ3n) is 2.57. The fourth-order valence-corrected chi connectivity index (χ4v) is 2.19. The fourth-order valence-electron chi connectivity index (χ4n) is 1.67. The molecule has 0 spiro atoms. The Hall–Kier alpha value is -0.900. The number of rotatable bonds is 3. The van der Waals surface area contributed by atoms with Crippen molar-refractivity contribution in [1.29, 1.82) is 0 Å². The van der Waals surface area contributed by atoms with Crippen LogP contribution in [0.5, 0.6) is 0 Å². The van der Waals surface area contributed by atoms with Crippen molar-refractivity contribution >= 4 is 27.5 Å². The van der Waals surface area contributed by atoms with Crippen LogP contribution < -0.4 is 5.73 Å². The molecule has 0 aliphatic rings. The third kappa shape index (κ3) is 3.28. The maximum atomic E-state index is 6.14. The van der Waals surface area contributed by atoms with Crippen molar-refractivity contribution in [2.45, 2.75) is 12.5 Å². The molecule has 2 aromatic rings. The lowest BCUT2D eigenvalue weighted by atomic mass is 10.0. The number of hydrogen-bond donors (Lipinski definition) is 1. The number of nitrogens with two attached hydrogens (primary N) is 1. The van der Waals surface area contributed by atoms with E-state index in [4.69, 9.17) is 17.3 Å². The van der Waals surface area contributed by atoms with Gasteiger partial charge in [0, 0.05) is 22.9 Å². The first-order valence-electron chi connectivity index (χ1n) is 5.26. The molecule has 1 unspecified atom stereocenters. The minimum Gasteiger partial charge on any atom is -0.324 e. The molecule has 0 bridgehead atoms. The molecule has 4 heteroatoms. The first kappa shape index (κ1) is 12.6. The van der Waals surface area contributed by atoms with Crippen LogP contribution in [0.3, 0.4) is 0 Å². The van der Waals surface area contributed by atoms with Crippen molar-refractivity contribution in [3.63, 3.8) is 0 Å². The smallest absolute Gasteiger partial charge is 0.0637 e. The van der Waals surface area contributed by atoms with Crippen LogP contribution in [0.4, 0.5) is 0 Å². The minimum atomic E-state index is -0.105. The molecular weight excluding hydrogens is 300 g/mol. The summed E-state index contributed by atoms with van der Waals surface area (Å²) in [4.78, 5) is 3.95. The highest BCUT2D eigenvalue weighted by Gasteiger charge is 2.10. The van der Waals surface area contributed by atoms with E-state index in [9.17, 15) is 0 Å². The normalized spacial score (nSPS) is 12.4. The molecule has 0 radical (unpaired) electrons. The van der Waals surface area contributed by atoms with Crippen LogP contribution in [0.2, 0.25) is 5.02 Å². The second kappa shape index (κ2) is 5.63. The Labute approximate surface area is 114 Å². The molecule has 2 N–H and O–H groups in total. The number of nitrogens with zero attached hydrogens (tertiary/aromatic N) is 1. The summed E-state index contributed by atoms with van der Waals surface area (Å²) in [6, 6.07) is 9.89. The molecular formula is C13H12BrClN2. The van der Waals surface area contributed by atoms with Gasteiger partial charge in [-0.3, -0.25) is 4.98 Å². The highest BCUT2D eigenvalue weighted by Crippen LogP contribution is 2.23. The molecule has 0 aliphatic carbocycles. The number of aromatic nitrogens is 1. The molecule has 1 aromatic heterocycles. The van der Waals surface area contributed by atoms with Crippen molar-refractivity contribution in [1.82, 2.24) is 4.98 Å². The standard InChI is InChI=1S/C13H12BrClN2/c14-10-3-1-9(2-4-10)7-13(16)11-5-6-17-8-12(11)15/h1-6,8,13H,7,16H2. The van der Waals surface area contributed by atoms with E-state index in [-0.39, 0.29) is 6.04 Å². The van der Waals surface area contributed by atoms with Gasteiger partial charge in [0.2, 0.25) is 0 Å². The molecule has 0 saturated heterocycles. The van der Waals surface area contributed by atoms with Crippen LogP contribution in [-0.4, -0.2) is 4.98 Å². The van der Waals surface area contributed by atoms with Crippen LogP contribution in [0.15, 0.2) is 47.2 Å². The van der Waals surface area contributed by atoms with Gasteiger partial charge in [-0.15, -0.1) is 0 Å². The van der Waals surface area contributed by atoms with E-state index >= 15 is 0 Å². The van der Waals surface area contributed by atoms with E-state index < -0.39 is 0 Å². The number of hydrogen-bond acceptors (Lipinski definition) is 2. The first-order valence-corrected chi connectivity index (χ1v) is 6.43. The van der Waals surface area contributed by atoms with Gasteiger partial charge < -0.3 is 5.73 Å². The van der Waals surface area contributed by atoms with Gasteiger partial charge in [0.1, 0.15) is 0 Å². The molecule has 17 heavy (non-hydrogen) atoms. The van der Waals surface area contributed by atoms with Crippen molar-refractivity contribution in [3.8, 4) is 0 Å². The summed E-state index contributed by atoms with van der Waals surface area (Å²) < 4.78 is 1.07. The molecule has 88 valence electrons. The summed E-state index contributed by atoms with van der Waals surface area (Å²) in [6.07, 6.45) is 4.10. The average molecular weight is 312 g/mol. The van der Waals surface area contributed by atoms with Crippen LogP contribution in [0.25, 0.3) is 0 Å². The molecule has 1 heterocycles. The summed E-state index contributed by atoms with van der Waals surface area (Å²) in [5.41, 5.74) is 8.27. The Morgan fingerprint density at radius 2 is 1.94 bits per heavy atom. The molecule has 1 atom stereocenters. The van der Waals surface area contributed by atoms with Gasteiger partial charge in [-0.05, 0) is 35.7 Å². The Morgan fingerprint density at radius 1 is 1.24 bits per heavy atom. The largest absolute Gasteiger partial charge is 0.324 e. The molecule has 0 aliphatic heterocycles. The maximum absolute atomic E-state index is 6.14. The number of benzene rings is 1. The monoisotopic (exact) mass is 310 g/mol. The van der Waals surface area contributed by atoms with Gasteiger partial charge in [0.15, 0.2) is 0 Å². The quantitative estimate of drug-likeness (QED) is 0.938. The number of pyridine rings is 1. The van der Waals surface area contributed by atoms with Crippen LogP contribution in [0, 0.1) is 0 Å². The van der Waals surface area contributed by atoms with Gasteiger partial charge >= 0.3 is 0 Å². The van der Waals surface area contributed by atoms with Crippen molar-refractivity contribution < 1.29 is 0 Å². The fraction of sp³-hybridized carbons (Fsp3) is 0.154. The predicted octanol–water partition coefficient (Wildman–Crippen LogP) is 3.74. The average Bonchev–Trinajstić information content (AvgIpc) is 2.32. The highest BCUT2D eigenvalue weighted by molar-refractivity contribution is 9.10. The summed E-state index contributed by atoms with van der Waals surface area (Å²) in [7, 11) is 0. The molecule has 1 aromatic carbocycles. The third-order valence-corrected chi connectivity index (χ3v) is 3.42. The van der Waals surface area contributed by atoms with Crippen LogP contribution >= 0.6 is 27.5 Å². The van der Waals surface area contributed by atoms with Gasteiger partial charge in [-0.2, -0.15) is 0 Å². The summed E-state index contributed by atoms with van der Waals surface area (Å²) in [5, 5.41) is 0.622. The van der Waals surface area contributed by atoms with E-state index in [1.807, 2.05) is 18.2 Å². The lowest BCUT2D eigenvalue weighted by molar-refractivity contribution is 0.720. The van der Waals surface area contributed by atoms with Gasteiger partial charge in [-0.1, -0.05) is 39.7 Å². The van der Waals surface area contributed by atoms with Gasteiger partial charge in [-0.25, -0.2) is 0 Å². The van der Waals surface area contributed by atoms with Crippen molar-refractivity contribution in [2.24, 2.45) is 5.73 Å². The first-order chi connectivity index (χ1) is 8.16. The van der Waals surface area contributed by atoms with E-state index in [1.54, 1.807) is 12.4 Å². The number of halogens is 2. The molecule has 2 rings (SSSR count). The Morgan fingerprint density at radius 3 is 2.59 bits per heavy atom. The SMILES string of the molecule is NC(Cc1ccc(Br)cc1)c1ccncc1Cl. The van der Waals surface area contributed by atoms with Crippen LogP contribution in [-0.2, 0) is 6.42 Å². The zero-order valence-electron chi connectivity index (χ0n) is 9.11. The molecule has 2 nitrogen and oxygen atoms in total. The lowest BCUT2D eigenvalue weighted by Crippen LogP contribution is -2.13. The van der Waals surface area contributed by atoms with Crippen LogP contribution in [0.1, 0.15) is 17.2 Å². The minimum absolute atomic E-state index is 0.105. The van der Waals surface area contributed by atoms with E-state index in [0.717, 1.165) is 16.5 Å². The second-order valence-corrected chi connectivity index (χ2v) is 5.16. The predicted molar refractivity (Wildman–Crippen MR) is 74.0 cm³/mol. The highest BCUT2D eigenvalue weighted by atomic mass is 79.9. The van der Waals surface area contributed by atoms with E-state index in [2.05, 4.69) is 33.0 Å². The van der Waals surface area contributed by atoms with E-state index in [0.29, 0.717) is 5.02 Å². The Bertz CT molecular complexity index is 499. The molecule has 0 amide bonds. The summed E-state index contributed by atoms with van der Waals surface area (Å²) in [5.74, 6) is 0. The van der Waals surface area contributed by atoms with Gasteiger partial charge in [0.05, 0.1) is 5.02 Å². The summed E-state index contributed by atoms with van der Waals surface area (Å²) in [6.45, 7) is 0. The Balaban J connectivity index is 2.14. The maximum Gasteiger partial charge on any atom is 0.0637 e. The Kier molecular flexibility index (Phi) is 4.15. The zero-order chi connectivity index (χ0) is 12.3. The molecule has 0 fully saturated rings.